The van der Waals surface area contributed by atoms with Gasteiger partial charge in [0.15, 0.2) is 18.1 Å². The first-order valence-corrected chi connectivity index (χ1v) is 9.97. The summed E-state index contributed by atoms with van der Waals surface area (Å²) in [5.41, 5.74) is 1.99. The van der Waals surface area contributed by atoms with E-state index in [-0.39, 0.29) is 12.5 Å². The molecule has 0 atom stereocenters. The summed E-state index contributed by atoms with van der Waals surface area (Å²) in [5, 5.41) is 5.82. The minimum Gasteiger partial charge on any atom is -0.493 e. The highest BCUT2D eigenvalue weighted by Gasteiger charge is 2.08. The number of likely N-dealkylation sites (N-methyl/N-ethyl adjacent to an activating group) is 1. The summed E-state index contributed by atoms with van der Waals surface area (Å²) in [6, 6.07) is 18.1. The van der Waals surface area contributed by atoms with Crippen molar-refractivity contribution in [2.75, 3.05) is 20.8 Å². The Hall–Kier alpha value is -3.38. The van der Waals surface area contributed by atoms with Crippen LogP contribution < -0.4 is 14.8 Å². The van der Waals surface area contributed by atoms with E-state index >= 15 is 0 Å². The lowest BCUT2D eigenvalue weighted by Gasteiger charge is -2.10. The van der Waals surface area contributed by atoms with Crippen molar-refractivity contribution in [1.29, 1.82) is 0 Å². The lowest BCUT2D eigenvalue weighted by molar-refractivity contribution is -0.122. The summed E-state index contributed by atoms with van der Waals surface area (Å²) in [5.74, 6) is 0.908. The van der Waals surface area contributed by atoms with Gasteiger partial charge in [-0.3, -0.25) is 4.79 Å². The average Bonchev–Trinajstić information content (AvgIpc) is 3.20. The molecule has 1 amide bonds. The summed E-state index contributed by atoms with van der Waals surface area (Å²) in [4.78, 5) is 16.2. The number of carbonyl (C=O) groups excluding carboxylic acids is 1. The fourth-order valence-corrected chi connectivity index (χ4v) is 3.93. The fourth-order valence-electron chi connectivity index (χ4n) is 3.04. The highest BCUT2D eigenvalue weighted by Crippen LogP contribution is 2.31. The van der Waals surface area contributed by atoms with Gasteiger partial charge in [0.25, 0.3) is 5.91 Å². The van der Waals surface area contributed by atoms with Crippen LogP contribution >= 0.6 is 11.3 Å². The van der Waals surface area contributed by atoms with E-state index in [4.69, 9.17) is 14.5 Å². The van der Waals surface area contributed by atoms with Crippen LogP contribution in [0.4, 0.5) is 0 Å². The van der Waals surface area contributed by atoms with E-state index in [0.717, 1.165) is 16.1 Å². The van der Waals surface area contributed by atoms with Gasteiger partial charge in [0.05, 0.1) is 17.3 Å². The van der Waals surface area contributed by atoms with Crippen molar-refractivity contribution in [3.05, 3.63) is 65.2 Å². The second-order valence-corrected chi connectivity index (χ2v) is 7.45. The quantitative estimate of drug-likeness (QED) is 0.504. The standard InChI is InChI=1S/C23H20N2O3S/c1-24-21(26)14-28-18-10-7-15(13-19(18)27-2)8-12-22-25-23-17-6-4-3-5-16(17)9-11-20(23)29-22/h3-13H,14H2,1-2H3,(H,24,26)/b12-8+. The number of hydrogen-bond acceptors (Lipinski definition) is 5. The van der Waals surface area contributed by atoms with Gasteiger partial charge in [-0.15, -0.1) is 11.3 Å². The molecule has 146 valence electrons. The molecule has 1 heterocycles. The predicted octanol–water partition coefficient (Wildman–Crippen LogP) is 4.75. The molecule has 0 fully saturated rings. The molecule has 1 N–H and O–H groups in total. The number of rotatable bonds is 6. The van der Waals surface area contributed by atoms with Crippen LogP contribution in [0, 0.1) is 0 Å². The first-order chi connectivity index (χ1) is 14.2. The Morgan fingerprint density at radius 3 is 2.79 bits per heavy atom. The molecule has 0 bridgehead atoms. The number of hydrogen-bond donors (Lipinski definition) is 1. The highest BCUT2D eigenvalue weighted by atomic mass is 32.1. The maximum absolute atomic E-state index is 11.4. The van der Waals surface area contributed by atoms with Crippen LogP contribution in [0.3, 0.4) is 0 Å². The third kappa shape index (κ3) is 4.07. The highest BCUT2D eigenvalue weighted by molar-refractivity contribution is 7.19. The van der Waals surface area contributed by atoms with Gasteiger partial charge in [-0.05, 0) is 35.2 Å². The lowest BCUT2D eigenvalue weighted by Crippen LogP contribution is -2.24. The van der Waals surface area contributed by atoms with Crippen LogP contribution in [-0.4, -0.2) is 31.7 Å². The molecular formula is C23H20N2O3S. The normalized spacial score (nSPS) is 11.2. The Morgan fingerprint density at radius 1 is 1.10 bits per heavy atom. The van der Waals surface area contributed by atoms with Crippen molar-refractivity contribution in [3.63, 3.8) is 0 Å². The molecule has 0 aliphatic heterocycles. The molecule has 0 aliphatic carbocycles. The first kappa shape index (κ1) is 19.0. The van der Waals surface area contributed by atoms with E-state index < -0.39 is 0 Å². The van der Waals surface area contributed by atoms with E-state index in [0.29, 0.717) is 11.5 Å². The van der Waals surface area contributed by atoms with Crippen molar-refractivity contribution < 1.29 is 14.3 Å². The molecule has 0 saturated heterocycles. The zero-order chi connectivity index (χ0) is 20.2. The van der Waals surface area contributed by atoms with Crippen LogP contribution in [0.1, 0.15) is 10.6 Å². The van der Waals surface area contributed by atoms with Gasteiger partial charge in [-0.1, -0.05) is 42.5 Å². The van der Waals surface area contributed by atoms with Gasteiger partial charge in [0.2, 0.25) is 0 Å². The number of ether oxygens (including phenoxy) is 2. The van der Waals surface area contributed by atoms with Gasteiger partial charge in [-0.2, -0.15) is 0 Å². The monoisotopic (exact) mass is 404 g/mol. The number of aromatic nitrogens is 1. The predicted molar refractivity (Wildman–Crippen MR) is 119 cm³/mol. The second-order valence-electron chi connectivity index (χ2n) is 6.39. The Bertz CT molecular complexity index is 1210. The Balaban J connectivity index is 1.58. The summed E-state index contributed by atoms with van der Waals surface area (Å²) < 4.78 is 12.1. The molecule has 6 heteroatoms. The van der Waals surface area contributed by atoms with Gasteiger partial charge in [0.1, 0.15) is 5.01 Å². The average molecular weight is 404 g/mol. The third-order valence-electron chi connectivity index (χ3n) is 4.54. The fraction of sp³-hybridized carbons (Fsp3) is 0.130. The SMILES string of the molecule is CNC(=O)COc1ccc(/C=C/c2nc3c(ccc4ccccc43)s2)cc1OC. The van der Waals surface area contributed by atoms with E-state index in [2.05, 4.69) is 29.6 Å². The number of thiazole rings is 1. The largest absolute Gasteiger partial charge is 0.493 e. The Labute approximate surface area is 172 Å². The minimum absolute atomic E-state index is 0.0539. The molecule has 0 saturated carbocycles. The Morgan fingerprint density at radius 2 is 1.97 bits per heavy atom. The number of amides is 1. The van der Waals surface area contributed by atoms with Gasteiger partial charge in [-0.25, -0.2) is 4.98 Å². The molecule has 0 spiro atoms. The summed E-state index contributed by atoms with van der Waals surface area (Å²) >= 11 is 1.66. The van der Waals surface area contributed by atoms with E-state index in [1.165, 1.54) is 15.5 Å². The van der Waals surface area contributed by atoms with Crippen LogP contribution in [-0.2, 0) is 4.79 Å². The minimum atomic E-state index is -0.195. The molecule has 4 aromatic rings. The van der Waals surface area contributed by atoms with Crippen molar-refractivity contribution in [3.8, 4) is 11.5 Å². The van der Waals surface area contributed by atoms with Crippen LogP contribution in [0.15, 0.2) is 54.6 Å². The van der Waals surface area contributed by atoms with E-state index in [1.54, 1.807) is 31.6 Å². The molecule has 29 heavy (non-hydrogen) atoms. The number of fused-ring (bicyclic) bond motifs is 3. The molecule has 1 aromatic heterocycles. The van der Waals surface area contributed by atoms with Crippen molar-refractivity contribution in [2.45, 2.75) is 0 Å². The van der Waals surface area contributed by atoms with Crippen molar-refractivity contribution >= 4 is 50.4 Å². The van der Waals surface area contributed by atoms with Crippen LogP contribution in [0.25, 0.3) is 33.1 Å². The molecular weight excluding hydrogens is 384 g/mol. The molecule has 5 nitrogen and oxygen atoms in total. The third-order valence-corrected chi connectivity index (χ3v) is 5.53. The zero-order valence-corrected chi connectivity index (χ0v) is 17.0. The summed E-state index contributed by atoms with van der Waals surface area (Å²) in [7, 11) is 3.15. The van der Waals surface area contributed by atoms with Gasteiger partial charge < -0.3 is 14.8 Å². The van der Waals surface area contributed by atoms with Crippen LogP contribution in [0.5, 0.6) is 11.5 Å². The van der Waals surface area contributed by atoms with Gasteiger partial charge in [0, 0.05) is 12.4 Å². The maximum atomic E-state index is 11.4. The second kappa shape index (κ2) is 8.32. The number of nitrogens with one attached hydrogen (secondary N) is 1. The van der Waals surface area contributed by atoms with Crippen molar-refractivity contribution in [1.82, 2.24) is 10.3 Å². The summed E-state index contributed by atoms with van der Waals surface area (Å²) in [6.45, 7) is -0.0539. The molecule has 4 rings (SSSR count). The van der Waals surface area contributed by atoms with E-state index in [1.807, 2.05) is 36.4 Å². The molecule has 0 unspecified atom stereocenters. The number of carbonyl (C=O) groups is 1. The number of methoxy groups -OCH3 is 1. The topological polar surface area (TPSA) is 60.5 Å². The number of benzene rings is 3. The Kier molecular flexibility index (Phi) is 5.44. The lowest BCUT2D eigenvalue weighted by atomic mass is 10.1. The van der Waals surface area contributed by atoms with E-state index in [9.17, 15) is 4.79 Å². The zero-order valence-electron chi connectivity index (χ0n) is 16.1. The molecule has 3 aromatic carbocycles. The van der Waals surface area contributed by atoms with Gasteiger partial charge >= 0.3 is 0 Å². The summed E-state index contributed by atoms with van der Waals surface area (Å²) in [6.07, 6.45) is 3.99. The van der Waals surface area contributed by atoms with Crippen LogP contribution in [0.2, 0.25) is 0 Å². The molecule has 0 aliphatic rings. The molecule has 0 radical (unpaired) electrons. The number of nitrogens with zero attached hydrogens (tertiary/aromatic N) is 1. The first-order valence-electron chi connectivity index (χ1n) is 9.16. The van der Waals surface area contributed by atoms with Crippen molar-refractivity contribution in [2.24, 2.45) is 0 Å². The smallest absolute Gasteiger partial charge is 0.257 e. The maximum Gasteiger partial charge on any atom is 0.257 e.